The van der Waals surface area contributed by atoms with Crippen LogP contribution in [0.1, 0.15) is 5.69 Å². The summed E-state index contributed by atoms with van der Waals surface area (Å²) in [5.41, 5.74) is 4.83. The molecule has 1 aromatic carbocycles. The second-order valence-electron chi connectivity index (χ2n) is 5.03. The van der Waals surface area contributed by atoms with Crippen LogP contribution in [0.15, 0.2) is 35.2 Å². The van der Waals surface area contributed by atoms with Crippen LogP contribution in [0.5, 0.6) is 11.6 Å². The number of aryl methyl sites for hydroxylation is 1. The summed E-state index contributed by atoms with van der Waals surface area (Å²) in [6, 6.07) is 5.92. The van der Waals surface area contributed by atoms with Crippen LogP contribution in [0.4, 0.5) is 0 Å². The fourth-order valence-corrected chi connectivity index (χ4v) is 3.30. The molecule has 0 atom stereocenters. The van der Waals surface area contributed by atoms with Gasteiger partial charge in [-0.2, -0.15) is 11.3 Å². The quantitative estimate of drug-likeness (QED) is 0.594. The molecule has 0 aliphatic rings. The van der Waals surface area contributed by atoms with Crippen molar-refractivity contribution in [3.63, 3.8) is 0 Å². The minimum atomic E-state index is 0. The summed E-state index contributed by atoms with van der Waals surface area (Å²) in [7, 11) is 1.64. The highest BCUT2D eigenvalue weighted by Crippen LogP contribution is 2.35. The predicted molar refractivity (Wildman–Crippen MR) is 94.0 cm³/mol. The van der Waals surface area contributed by atoms with Crippen LogP contribution in [0.25, 0.3) is 27.8 Å². The van der Waals surface area contributed by atoms with Crippen molar-refractivity contribution in [1.29, 1.82) is 0 Å². The van der Waals surface area contributed by atoms with E-state index in [1.165, 1.54) is 0 Å². The molecule has 3 aromatic heterocycles. The number of imidazole rings is 1. The smallest absolute Gasteiger partial charge is 0.219 e. The second-order valence-corrected chi connectivity index (χ2v) is 5.81. The Morgan fingerprint density at radius 3 is 2.83 bits per heavy atom. The van der Waals surface area contributed by atoms with E-state index in [1.807, 2.05) is 23.6 Å². The first-order valence-corrected chi connectivity index (χ1v) is 7.70. The van der Waals surface area contributed by atoms with Gasteiger partial charge in [-0.05, 0) is 35.4 Å². The number of aromatic hydroxyl groups is 1. The molecule has 0 bridgehead atoms. The third-order valence-electron chi connectivity index (χ3n) is 3.74. The van der Waals surface area contributed by atoms with E-state index in [4.69, 9.17) is 4.74 Å². The van der Waals surface area contributed by atoms with Gasteiger partial charge in [-0.3, -0.25) is 9.38 Å². The molecule has 1 N–H and O–H groups in total. The summed E-state index contributed by atoms with van der Waals surface area (Å²) in [5, 5.41) is 14.3. The fraction of sp³-hybridized carbons (Fsp3) is 0.125. The summed E-state index contributed by atoms with van der Waals surface area (Å²) < 4.78 is 7.23. The minimum Gasteiger partial charge on any atom is -0.496 e. The zero-order valence-corrected chi connectivity index (χ0v) is 14.1. The molecular formula is C16H14ClN3O2S. The number of ether oxygens (including phenoxy) is 1. The van der Waals surface area contributed by atoms with E-state index in [1.54, 1.807) is 36.0 Å². The normalized spacial score (nSPS) is 10.9. The Bertz CT molecular complexity index is 996. The number of halogens is 1. The maximum absolute atomic E-state index is 10.2. The Morgan fingerprint density at radius 2 is 2.13 bits per heavy atom. The lowest BCUT2D eigenvalue weighted by molar-refractivity contribution is 0.416. The van der Waals surface area contributed by atoms with Gasteiger partial charge in [0.15, 0.2) is 5.65 Å². The zero-order valence-electron chi connectivity index (χ0n) is 12.5. The van der Waals surface area contributed by atoms with Crippen LogP contribution in [0, 0.1) is 6.92 Å². The zero-order chi connectivity index (χ0) is 15.3. The number of fused-ring (bicyclic) bond motifs is 3. The highest BCUT2D eigenvalue weighted by atomic mass is 35.5. The molecule has 0 saturated carbocycles. The molecule has 0 amide bonds. The lowest BCUT2D eigenvalue weighted by Crippen LogP contribution is -1.94. The van der Waals surface area contributed by atoms with E-state index in [0.29, 0.717) is 11.3 Å². The monoisotopic (exact) mass is 347 g/mol. The molecule has 0 radical (unpaired) electrons. The van der Waals surface area contributed by atoms with Crippen molar-refractivity contribution in [2.24, 2.45) is 0 Å². The van der Waals surface area contributed by atoms with Gasteiger partial charge in [-0.15, -0.1) is 12.4 Å². The molecule has 3 heterocycles. The van der Waals surface area contributed by atoms with E-state index in [-0.39, 0.29) is 18.3 Å². The van der Waals surface area contributed by atoms with Crippen molar-refractivity contribution < 1.29 is 9.84 Å². The molecule has 0 aliphatic carbocycles. The molecule has 0 unspecified atom stereocenters. The number of hydrogen-bond acceptors (Lipinski definition) is 5. The molecule has 0 aliphatic heterocycles. The molecule has 118 valence electrons. The molecule has 4 aromatic rings. The van der Waals surface area contributed by atoms with Crippen molar-refractivity contribution in [1.82, 2.24) is 14.4 Å². The Morgan fingerprint density at radius 1 is 1.30 bits per heavy atom. The molecule has 4 rings (SSSR count). The highest BCUT2D eigenvalue weighted by Gasteiger charge is 2.15. The van der Waals surface area contributed by atoms with Gasteiger partial charge in [-0.25, -0.2) is 4.98 Å². The van der Waals surface area contributed by atoms with Crippen molar-refractivity contribution in [3.8, 4) is 22.8 Å². The van der Waals surface area contributed by atoms with Crippen molar-refractivity contribution in [2.45, 2.75) is 6.92 Å². The molecule has 0 fully saturated rings. The predicted octanol–water partition coefficient (Wildman–Crippen LogP) is 4.06. The molecule has 23 heavy (non-hydrogen) atoms. The van der Waals surface area contributed by atoms with E-state index >= 15 is 0 Å². The maximum atomic E-state index is 10.2. The van der Waals surface area contributed by atoms with Crippen LogP contribution in [-0.2, 0) is 0 Å². The van der Waals surface area contributed by atoms with Gasteiger partial charge >= 0.3 is 0 Å². The third kappa shape index (κ3) is 2.31. The molecule has 5 nitrogen and oxygen atoms in total. The maximum Gasteiger partial charge on any atom is 0.219 e. The first-order chi connectivity index (χ1) is 10.7. The van der Waals surface area contributed by atoms with Crippen LogP contribution in [-0.4, -0.2) is 26.6 Å². The highest BCUT2D eigenvalue weighted by molar-refractivity contribution is 7.08. The third-order valence-corrected chi connectivity index (χ3v) is 4.42. The van der Waals surface area contributed by atoms with Gasteiger partial charge in [-0.1, -0.05) is 0 Å². The molecule has 7 heteroatoms. The van der Waals surface area contributed by atoms with Gasteiger partial charge in [0.2, 0.25) is 5.88 Å². The lowest BCUT2D eigenvalue weighted by atomic mass is 10.1. The first-order valence-electron chi connectivity index (χ1n) is 6.76. The molecular weight excluding hydrogens is 334 g/mol. The van der Waals surface area contributed by atoms with Crippen LogP contribution < -0.4 is 4.74 Å². The number of nitrogens with zero attached hydrogens (tertiary/aromatic N) is 3. The Kier molecular flexibility index (Phi) is 3.87. The topological polar surface area (TPSA) is 59.7 Å². The van der Waals surface area contributed by atoms with Gasteiger partial charge < -0.3 is 9.84 Å². The van der Waals surface area contributed by atoms with Crippen LogP contribution >= 0.6 is 23.7 Å². The standard InChI is InChI=1S/C16H13N3O2S.ClH/c1-9-16(20)19-13-6-14(21-2)11(10-3-4-22-8-10)5-12(13)17-7-15(19)18-9;/h3-8,20H,1-2H3;1H. The lowest BCUT2D eigenvalue weighted by Gasteiger charge is -2.10. The SMILES string of the molecule is COc1cc2c(cc1-c1ccsc1)ncc1nc(C)c(O)n12.Cl. The van der Waals surface area contributed by atoms with E-state index in [9.17, 15) is 5.11 Å². The summed E-state index contributed by atoms with van der Waals surface area (Å²) >= 11 is 1.64. The summed E-state index contributed by atoms with van der Waals surface area (Å²) in [6.07, 6.45) is 1.67. The second kappa shape index (κ2) is 5.72. The Labute approximate surface area is 142 Å². The fourth-order valence-electron chi connectivity index (χ4n) is 2.65. The van der Waals surface area contributed by atoms with E-state index in [0.717, 1.165) is 27.9 Å². The average Bonchev–Trinajstić information content (AvgIpc) is 3.15. The van der Waals surface area contributed by atoms with Gasteiger partial charge in [0, 0.05) is 11.6 Å². The molecule has 0 saturated heterocycles. The number of hydrogen-bond donors (Lipinski definition) is 1. The van der Waals surface area contributed by atoms with Crippen LogP contribution in [0.2, 0.25) is 0 Å². The summed E-state index contributed by atoms with van der Waals surface area (Å²) in [5.74, 6) is 0.874. The van der Waals surface area contributed by atoms with Crippen LogP contribution in [0.3, 0.4) is 0 Å². The van der Waals surface area contributed by atoms with Gasteiger partial charge in [0.1, 0.15) is 11.4 Å². The first kappa shape index (κ1) is 15.6. The van der Waals surface area contributed by atoms with Crippen molar-refractivity contribution in [2.75, 3.05) is 7.11 Å². The van der Waals surface area contributed by atoms with E-state index in [2.05, 4.69) is 15.3 Å². The largest absolute Gasteiger partial charge is 0.496 e. The Hall–Kier alpha value is -2.31. The number of thiophene rings is 1. The number of aromatic nitrogens is 3. The van der Waals surface area contributed by atoms with Crippen molar-refractivity contribution in [3.05, 3.63) is 40.8 Å². The average molecular weight is 348 g/mol. The minimum absolute atomic E-state index is 0. The number of methoxy groups -OCH3 is 1. The summed E-state index contributed by atoms with van der Waals surface area (Å²) in [4.78, 5) is 8.77. The Balaban J connectivity index is 0.00000156. The van der Waals surface area contributed by atoms with E-state index < -0.39 is 0 Å². The van der Waals surface area contributed by atoms with Crippen molar-refractivity contribution >= 4 is 40.4 Å². The summed E-state index contributed by atoms with van der Waals surface area (Å²) in [6.45, 7) is 1.77. The number of rotatable bonds is 2. The van der Waals surface area contributed by atoms with Gasteiger partial charge in [0.25, 0.3) is 0 Å². The number of benzene rings is 1. The van der Waals surface area contributed by atoms with Gasteiger partial charge in [0.05, 0.1) is 24.3 Å². The molecule has 0 spiro atoms.